The van der Waals surface area contributed by atoms with Gasteiger partial charge >= 0.3 is 0 Å². The molecule has 60 heavy (non-hydrogen) atoms. The molecule has 0 saturated carbocycles. The van der Waals surface area contributed by atoms with Gasteiger partial charge in [-0.2, -0.15) is 0 Å². The number of anilines is 3. The Morgan fingerprint density at radius 3 is 1.37 bits per heavy atom. The predicted octanol–water partition coefficient (Wildman–Crippen LogP) is 9.43. The second kappa shape index (κ2) is 15.2. The molecule has 12 heteroatoms. The summed E-state index contributed by atoms with van der Waals surface area (Å²) in [6.45, 7) is 10.9. The summed E-state index contributed by atoms with van der Waals surface area (Å²) in [4.78, 5) is 53.2. The molecule has 0 N–H and O–H groups in total. The number of nitrogens with zero attached hydrogens (tertiary/aromatic N) is 6. The van der Waals surface area contributed by atoms with Crippen LogP contribution in [0.2, 0.25) is 0 Å². The average Bonchev–Trinajstić information content (AvgIpc) is 3.61. The van der Waals surface area contributed by atoms with Gasteiger partial charge in [0.1, 0.15) is 11.6 Å². The lowest BCUT2D eigenvalue weighted by molar-refractivity contribution is -0.122. The van der Waals surface area contributed by atoms with Crippen molar-refractivity contribution >= 4 is 34.8 Å². The van der Waals surface area contributed by atoms with E-state index in [-0.39, 0.29) is 35.2 Å². The molecule has 0 atom stereocenters. The fourth-order valence-electron chi connectivity index (χ4n) is 8.25. The number of aromatic nitrogens is 3. The zero-order valence-corrected chi connectivity index (χ0v) is 34.9. The maximum Gasteiger partial charge on any atom is 0.236 e. The lowest BCUT2D eigenvalue weighted by Crippen LogP contribution is -2.33. The highest BCUT2D eigenvalue weighted by Gasteiger charge is 2.45. The van der Waals surface area contributed by atoms with Crippen LogP contribution in [-0.2, 0) is 30.6 Å². The topological polar surface area (TPSA) is 99.6 Å². The first-order chi connectivity index (χ1) is 28.3. The van der Waals surface area contributed by atoms with E-state index in [2.05, 4.69) is 15.0 Å². The molecule has 3 aromatic carbocycles. The summed E-state index contributed by atoms with van der Waals surface area (Å²) < 4.78 is 43.6. The minimum absolute atomic E-state index is 0.0150. The van der Waals surface area contributed by atoms with Gasteiger partial charge in [0.25, 0.3) is 0 Å². The summed E-state index contributed by atoms with van der Waals surface area (Å²) in [6.07, 6.45) is 9.77. The number of hydrogen-bond donors (Lipinski definition) is 0. The molecule has 0 radical (unpaired) electrons. The fraction of sp³-hybridized carbons (Fsp3) is 0.250. The summed E-state index contributed by atoms with van der Waals surface area (Å²) in [5.41, 5.74) is 5.75. The largest absolute Gasteiger partial charge is 0.314 e. The monoisotopic (exact) mass is 810 g/mol. The SMILES string of the molecule is CN1C(=O)C(C)(C)c2cc(F)c(-c3cccnc3)cc21.CN1C(=O)C(C)(C)c2cc(F)c(-c3ccncc3)cc21.CN1C(=O)C(C)(C)c2ccc(-c3ccncc3)c(F)c21. The molecule has 0 unspecified atom stereocenters. The molecule has 0 saturated heterocycles. The van der Waals surface area contributed by atoms with E-state index < -0.39 is 16.2 Å². The van der Waals surface area contributed by atoms with Crippen LogP contribution in [0.15, 0.2) is 110 Å². The van der Waals surface area contributed by atoms with E-state index >= 15 is 0 Å². The summed E-state index contributed by atoms with van der Waals surface area (Å²) in [5, 5.41) is 0. The van der Waals surface area contributed by atoms with Gasteiger partial charge in [0, 0.05) is 92.0 Å². The molecule has 0 bridgehead atoms. The smallest absolute Gasteiger partial charge is 0.236 e. The van der Waals surface area contributed by atoms with E-state index in [1.165, 1.54) is 17.0 Å². The van der Waals surface area contributed by atoms with Crippen molar-refractivity contribution in [1.82, 2.24) is 15.0 Å². The van der Waals surface area contributed by atoms with Gasteiger partial charge < -0.3 is 14.7 Å². The number of pyridine rings is 3. The van der Waals surface area contributed by atoms with E-state index in [9.17, 15) is 27.6 Å². The average molecular weight is 811 g/mol. The standard InChI is InChI=1S/3C16H15FN2O/c1-16(2)12-9-13(17)11(10-4-6-18-7-5-10)8-14(12)19(3)15(16)20;1-16(2)12-5-4-11(10-6-8-18-9-7-10)13(17)14(12)19(3)15(16)20;1-16(2)12-8-13(17)11(10-5-4-6-18-9-10)7-14(12)19(3)15(16)20/h3*4-9H,1-3H3. The molecule has 3 aliphatic rings. The lowest BCUT2D eigenvalue weighted by Gasteiger charge is -2.16. The van der Waals surface area contributed by atoms with Gasteiger partial charge in [0.15, 0.2) is 5.82 Å². The molecule has 0 spiro atoms. The number of benzene rings is 3. The van der Waals surface area contributed by atoms with Crippen LogP contribution >= 0.6 is 0 Å². The van der Waals surface area contributed by atoms with Gasteiger partial charge in [0.05, 0.1) is 21.9 Å². The Morgan fingerprint density at radius 2 is 0.900 bits per heavy atom. The lowest BCUT2D eigenvalue weighted by atomic mass is 9.85. The van der Waals surface area contributed by atoms with Crippen LogP contribution in [0.3, 0.4) is 0 Å². The van der Waals surface area contributed by atoms with Crippen molar-refractivity contribution in [3.8, 4) is 33.4 Å². The van der Waals surface area contributed by atoms with Gasteiger partial charge in [0.2, 0.25) is 17.7 Å². The predicted molar refractivity (Wildman–Crippen MR) is 228 cm³/mol. The second-order valence-corrected chi connectivity index (χ2v) is 16.7. The Morgan fingerprint density at radius 1 is 0.467 bits per heavy atom. The number of likely N-dealkylation sites (N-methyl/N-ethyl adjacent to an activating group) is 3. The Kier molecular flexibility index (Phi) is 10.5. The van der Waals surface area contributed by atoms with Gasteiger partial charge in [-0.05, 0) is 124 Å². The number of hydrogen-bond acceptors (Lipinski definition) is 6. The van der Waals surface area contributed by atoms with Crippen LogP contribution in [0.1, 0.15) is 58.2 Å². The molecule has 3 aromatic heterocycles. The summed E-state index contributed by atoms with van der Waals surface area (Å²) in [5.74, 6) is -1.11. The van der Waals surface area contributed by atoms with Crippen LogP contribution < -0.4 is 14.7 Å². The number of halogens is 3. The number of rotatable bonds is 3. The first-order valence-electron chi connectivity index (χ1n) is 19.4. The summed E-state index contributed by atoms with van der Waals surface area (Å²) >= 11 is 0. The zero-order valence-electron chi connectivity index (χ0n) is 34.9. The van der Waals surface area contributed by atoms with Crippen LogP contribution in [0.5, 0.6) is 0 Å². The molecule has 0 aliphatic carbocycles. The van der Waals surface area contributed by atoms with Crippen LogP contribution in [0, 0.1) is 17.5 Å². The van der Waals surface area contributed by atoms with Gasteiger partial charge in [-0.1, -0.05) is 18.2 Å². The third-order valence-corrected chi connectivity index (χ3v) is 11.8. The van der Waals surface area contributed by atoms with Crippen molar-refractivity contribution in [1.29, 1.82) is 0 Å². The molecule has 0 fully saturated rings. The molecular formula is C48H45F3N6O3. The molecule has 9 rings (SSSR count). The van der Waals surface area contributed by atoms with E-state index in [0.717, 1.165) is 39.2 Å². The number of carbonyl (C=O) groups excluding carboxylic acids is 3. The van der Waals surface area contributed by atoms with E-state index in [1.54, 1.807) is 123 Å². The van der Waals surface area contributed by atoms with Crippen molar-refractivity contribution in [3.05, 3.63) is 144 Å². The molecule has 6 heterocycles. The maximum absolute atomic E-state index is 14.8. The van der Waals surface area contributed by atoms with E-state index in [4.69, 9.17) is 0 Å². The Balaban J connectivity index is 0.000000136. The van der Waals surface area contributed by atoms with Crippen molar-refractivity contribution in [2.45, 2.75) is 57.8 Å². The minimum Gasteiger partial charge on any atom is -0.314 e. The maximum atomic E-state index is 14.8. The van der Waals surface area contributed by atoms with Gasteiger partial charge in [-0.15, -0.1) is 0 Å². The quantitative estimate of drug-likeness (QED) is 0.177. The molecule has 3 amide bonds. The van der Waals surface area contributed by atoms with E-state index in [1.807, 2.05) is 47.6 Å². The first-order valence-corrected chi connectivity index (χ1v) is 19.4. The van der Waals surface area contributed by atoms with Crippen LogP contribution in [0.25, 0.3) is 33.4 Å². The first kappa shape index (κ1) is 41.5. The van der Waals surface area contributed by atoms with E-state index in [0.29, 0.717) is 27.9 Å². The van der Waals surface area contributed by atoms with Crippen molar-refractivity contribution in [2.75, 3.05) is 35.8 Å². The Bertz CT molecular complexity index is 2490. The van der Waals surface area contributed by atoms with Gasteiger partial charge in [-0.3, -0.25) is 29.3 Å². The molecular weight excluding hydrogens is 766 g/mol. The number of carbonyl (C=O) groups is 3. The normalized spacial score (nSPS) is 16.4. The van der Waals surface area contributed by atoms with Crippen molar-refractivity contribution < 1.29 is 27.6 Å². The Hall–Kier alpha value is -6.69. The second-order valence-electron chi connectivity index (χ2n) is 16.7. The third-order valence-electron chi connectivity index (χ3n) is 11.8. The highest BCUT2D eigenvalue weighted by molar-refractivity contribution is 6.09. The number of amides is 3. The molecule has 9 nitrogen and oxygen atoms in total. The van der Waals surface area contributed by atoms with Crippen molar-refractivity contribution in [3.63, 3.8) is 0 Å². The number of fused-ring (bicyclic) bond motifs is 3. The molecule has 306 valence electrons. The summed E-state index contributed by atoms with van der Waals surface area (Å²) in [6, 6.07) is 20.6. The summed E-state index contributed by atoms with van der Waals surface area (Å²) in [7, 11) is 5.07. The van der Waals surface area contributed by atoms with Crippen LogP contribution in [-0.4, -0.2) is 53.8 Å². The van der Waals surface area contributed by atoms with Gasteiger partial charge in [-0.25, -0.2) is 13.2 Å². The minimum atomic E-state index is -0.682. The van der Waals surface area contributed by atoms with Crippen molar-refractivity contribution in [2.24, 2.45) is 0 Å². The fourth-order valence-corrected chi connectivity index (χ4v) is 8.25. The molecule has 6 aromatic rings. The third kappa shape index (κ3) is 6.79. The van der Waals surface area contributed by atoms with Crippen LogP contribution in [0.4, 0.5) is 30.2 Å². The highest BCUT2D eigenvalue weighted by Crippen LogP contribution is 2.46. The Labute approximate surface area is 347 Å². The zero-order chi connectivity index (χ0) is 43.5. The molecule has 3 aliphatic heterocycles. The highest BCUT2D eigenvalue weighted by atomic mass is 19.1.